The van der Waals surface area contributed by atoms with E-state index in [2.05, 4.69) is 25.9 Å². The van der Waals surface area contributed by atoms with Crippen LogP contribution in [0.3, 0.4) is 0 Å². The fourth-order valence-electron chi connectivity index (χ4n) is 4.68. The quantitative estimate of drug-likeness (QED) is 0.269. The number of hydrogen-bond acceptors (Lipinski definition) is 9. The predicted octanol–water partition coefficient (Wildman–Crippen LogP) is 3.71. The van der Waals surface area contributed by atoms with Gasteiger partial charge < -0.3 is 35.5 Å². The maximum atomic E-state index is 13.0. The highest BCUT2D eigenvalue weighted by Crippen LogP contribution is 2.41. The van der Waals surface area contributed by atoms with Crippen LogP contribution in [0.1, 0.15) is 22.2 Å². The molecule has 4 heterocycles. The van der Waals surface area contributed by atoms with Crippen LogP contribution in [0, 0.1) is 0 Å². The van der Waals surface area contributed by atoms with Crippen LogP contribution in [0.25, 0.3) is 11.0 Å². The molecule has 1 atom stereocenters. The molecule has 3 aromatic heterocycles. The van der Waals surface area contributed by atoms with Crippen LogP contribution >= 0.6 is 11.3 Å². The fourth-order valence-corrected chi connectivity index (χ4v) is 5.47. The fraction of sp³-hybridized carbons (Fsp3) is 0.308. The van der Waals surface area contributed by atoms with E-state index < -0.39 is 0 Å². The van der Waals surface area contributed by atoms with Gasteiger partial charge in [-0.25, -0.2) is 0 Å². The molecule has 0 radical (unpaired) electrons. The van der Waals surface area contributed by atoms with Gasteiger partial charge in [0.25, 0.3) is 5.91 Å². The highest BCUT2D eigenvalue weighted by molar-refractivity contribution is 7.12. The molecule has 0 spiro atoms. The Morgan fingerprint density at radius 3 is 2.76 bits per heavy atom. The van der Waals surface area contributed by atoms with Crippen molar-refractivity contribution in [3.05, 3.63) is 46.3 Å². The molecule has 0 fully saturated rings. The number of carbonyl (C=O) groups excluding carboxylic acids is 2. The smallest absolute Gasteiger partial charge is 0.263 e. The Bertz CT molecular complexity index is 1510. The summed E-state index contributed by atoms with van der Waals surface area (Å²) in [5.74, 6) is 1.36. The van der Waals surface area contributed by atoms with Crippen molar-refractivity contribution in [2.45, 2.75) is 19.4 Å². The first-order valence-electron chi connectivity index (χ1n) is 12.2. The van der Waals surface area contributed by atoms with Gasteiger partial charge in [-0.05, 0) is 62.6 Å². The van der Waals surface area contributed by atoms with Gasteiger partial charge in [0.2, 0.25) is 11.9 Å². The van der Waals surface area contributed by atoms with Crippen LogP contribution in [0.2, 0.25) is 0 Å². The highest BCUT2D eigenvalue weighted by Gasteiger charge is 2.32. The van der Waals surface area contributed by atoms with Gasteiger partial charge in [0.05, 0.1) is 30.4 Å². The van der Waals surface area contributed by atoms with Crippen LogP contribution in [0.5, 0.6) is 5.75 Å². The number of benzene rings is 1. The van der Waals surface area contributed by atoms with Crippen LogP contribution in [0.15, 0.2) is 35.8 Å². The molecule has 1 aliphatic heterocycles. The molecule has 0 unspecified atom stereocenters. The van der Waals surface area contributed by atoms with Gasteiger partial charge in [-0.2, -0.15) is 9.97 Å². The van der Waals surface area contributed by atoms with E-state index in [4.69, 9.17) is 9.72 Å². The third kappa shape index (κ3) is 4.75. The molecule has 11 nitrogen and oxygen atoms in total. The number of rotatable bonds is 8. The zero-order valence-electron chi connectivity index (χ0n) is 21.9. The van der Waals surface area contributed by atoms with E-state index in [0.717, 1.165) is 23.1 Å². The van der Waals surface area contributed by atoms with E-state index in [1.165, 1.54) is 11.3 Å². The van der Waals surface area contributed by atoms with E-state index >= 15 is 0 Å². The molecular formula is C26H30N8O3S. The monoisotopic (exact) mass is 534 g/mol. The number of nitrogens with zero attached hydrogens (tertiary/aromatic N) is 4. The van der Waals surface area contributed by atoms with Gasteiger partial charge >= 0.3 is 0 Å². The lowest BCUT2D eigenvalue weighted by atomic mass is 10.1. The van der Waals surface area contributed by atoms with Gasteiger partial charge in [-0.1, -0.05) is 0 Å². The van der Waals surface area contributed by atoms with Crippen molar-refractivity contribution in [2.75, 3.05) is 50.3 Å². The third-order valence-electron chi connectivity index (χ3n) is 6.35. The number of hydrogen-bond donors (Lipinski definition) is 4. The molecule has 4 aromatic rings. The maximum absolute atomic E-state index is 13.0. The van der Waals surface area contributed by atoms with Gasteiger partial charge in [0, 0.05) is 25.0 Å². The van der Waals surface area contributed by atoms with E-state index in [9.17, 15) is 9.59 Å². The van der Waals surface area contributed by atoms with Gasteiger partial charge in [0.15, 0.2) is 0 Å². The zero-order valence-corrected chi connectivity index (χ0v) is 22.7. The summed E-state index contributed by atoms with van der Waals surface area (Å²) in [5, 5.41) is 11.9. The number of carbonyl (C=O) groups is 2. The van der Waals surface area contributed by atoms with Crippen molar-refractivity contribution in [3.63, 3.8) is 0 Å². The van der Waals surface area contributed by atoms with Crippen LogP contribution in [-0.4, -0.2) is 72.5 Å². The summed E-state index contributed by atoms with van der Waals surface area (Å²) < 4.78 is 5.68. The number of aromatic nitrogens is 3. The van der Waals surface area contributed by atoms with Crippen LogP contribution < -0.4 is 25.6 Å². The lowest BCUT2D eigenvalue weighted by Gasteiger charge is -2.25. The largest absolute Gasteiger partial charge is 0.495 e. The number of thiophene rings is 1. The number of nitrogens with one attached hydrogen (secondary N) is 4. The predicted molar refractivity (Wildman–Crippen MR) is 150 cm³/mol. The second kappa shape index (κ2) is 10.3. The van der Waals surface area contributed by atoms with E-state index in [0.29, 0.717) is 46.0 Å². The minimum atomic E-state index is -0.175. The van der Waals surface area contributed by atoms with Crippen LogP contribution in [-0.2, 0) is 11.2 Å². The number of likely N-dealkylation sites (N-methyl/N-ethyl adjacent to an activating group) is 1. The number of ether oxygens (including phenoxy) is 1. The van der Waals surface area contributed by atoms with Crippen LogP contribution in [0.4, 0.5) is 28.8 Å². The van der Waals surface area contributed by atoms with E-state index in [1.54, 1.807) is 20.4 Å². The van der Waals surface area contributed by atoms with E-state index in [-0.39, 0.29) is 17.9 Å². The minimum Gasteiger partial charge on any atom is -0.495 e. The second-order valence-electron chi connectivity index (χ2n) is 9.36. The summed E-state index contributed by atoms with van der Waals surface area (Å²) in [6, 6.07) is 7.64. The Hall–Kier alpha value is -4.16. The Morgan fingerprint density at radius 1 is 1.21 bits per heavy atom. The number of amides is 2. The number of aromatic amines is 1. The molecule has 38 heavy (non-hydrogen) atoms. The molecule has 0 saturated heterocycles. The Morgan fingerprint density at radius 2 is 2.03 bits per heavy atom. The molecule has 0 bridgehead atoms. The summed E-state index contributed by atoms with van der Waals surface area (Å²) in [7, 11) is 6.98. The molecule has 1 aliphatic rings. The molecule has 0 saturated carbocycles. The molecule has 198 valence electrons. The lowest BCUT2D eigenvalue weighted by molar-refractivity contribution is -0.119. The standard InChI is InChI=1S/C26H30N8O3S/c1-14-10-15-11-20(37-5)18(12-19(15)34(14)21(35)13-33(3)4)30-26-31-23-16(6-8-28-23)24(32-26)29-17-7-9-38-22(17)25(36)27-2/h6-9,11-12,14H,10,13H2,1-5H3,(H,27,36)(H3,28,29,30,31,32)/t14-/m0/s1. The Labute approximate surface area is 224 Å². The summed E-state index contributed by atoms with van der Waals surface area (Å²) in [6.45, 7) is 2.37. The topological polar surface area (TPSA) is 128 Å². The molecular weight excluding hydrogens is 504 g/mol. The first-order chi connectivity index (χ1) is 18.3. The molecule has 12 heteroatoms. The summed E-state index contributed by atoms with van der Waals surface area (Å²) in [4.78, 5) is 42.1. The SMILES string of the molecule is CNC(=O)c1sccc1Nc1nc(Nc2cc3c(cc2OC)C[C@H](C)N3C(=O)CN(C)C)nc2[nH]ccc12. The molecule has 0 aliphatic carbocycles. The zero-order chi connectivity index (χ0) is 27.0. The average molecular weight is 535 g/mol. The maximum Gasteiger partial charge on any atom is 0.263 e. The van der Waals surface area contributed by atoms with Gasteiger partial charge in [-0.15, -0.1) is 11.3 Å². The Balaban J connectivity index is 1.51. The third-order valence-corrected chi connectivity index (χ3v) is 7.26. The van der Waals surface area contributed by atoms with Crippen molar-refractivity contribution >= 4 is 63.0 Å². The first kappa shape index (κ1) is 25.5. The first-order valence-corrected chi connectivity index (χ1v) is 13.0. The number of fused-ring (bicyclic) bond motifs is 2. The minimum absolute atomic E-state index is 0.0376. The highest BCUT2D eigenvalue weighted by atomic mass is 32.1. The van der Waals surface area contributed by atoms with E-state index in [1.807, 2.05) is 60.5 Å². The second-order valence-corrected chi connectivity index (χ2v) is 10.3. The van der Waals surface area contributed by atoms with Gasteiger partial charge in [0.1, 0.15) is 22.1 Å². The lowest BCUT2D eigenvalue weighted by Crippen LogP contribution is -2.41. The molecule has 4 N–H and O–H groups in total. The number of anilines is 5. The number of methoxy groups -OCH3 is 1. The number of H-pyrrole nitrogens is 1. The van der Waals surface area contributed by atoms with Crippen molar-refractivity contribution in [1.29, 1.82) is 0 Å². The molecule has 5 rings (SSSR count). The summed E-state index contributed by atoms with van der Waals surface area (Å²) >= 11 is 1.35. The Kier molecular flexibility index (Phi) is 6.91. The van der Waals surface area contributed by atoms with Crippen molar-refractivity contribution in [3.8, 4) is 5.75 Å². The normalized spacial score (nSPS) is 14.6. The molecule has 1 aromatic carbocycles. The summed E-state index contributed by atoms with van der Waals surface area (Å²) in [5.41, 5.74) is 3.81. The van der Waals surface area contributed by atoms with Crippen molar-refractivity contribution in [2.24, 2.45) is 0 Å². The van der Waals surface area contributed by atoms with Crippen molar-refractivity contribution in [1.82, 2.24) is 25.2 Å². The summed E-state index contributed by atoms with van der Waals surface area (Å²) in [6.07, 6.45) is 2.53. The molecule has 2 amide bonds. The average Bonchev–Trinajstić information content (AvgIpc) is 3.60. The van der Waals surface area contributed by atoms with Gasteiger partial charge in [-0.3, -0.25) is 9.59 Å². The van der Waals surface area contributed by atoms with Crippen molar-refractivity contribution < 1.29 is 14.3 Å².